The normalized spacial score (nSPS) is 17.4. The van der Waals surface area contributed by atoms with Crippen LogP contribution in [-0.2, 0) is 9.47 Å². The molecule has 0 aromatic rings. The van der Waals surface area contributed by atoms with Gasteiger partial charge in [0.05, 0.1) is 0 Å². The van der Waals surface area contributed by atoms with Gasteiger partial charge in [-0.1, -0.05) is 0 Å². The Morgan fingerprint density at radius 1 is 0.833 bits per heavy atom. The molecule has 0 aromatic carbocycles. The zero-order valence-corrected chi connectivity index (χ0v) is 7.48. The summed E-state index contributed by atoms with van der Waals surface area (Å²) >= 11 is 0. The number of alkyl halides is 9. The van der Waals surface area contributed by atoms with Gasteiger partial charge in [-0.15, -0.1) is 26.3 Å². The van der Waals surface area contributed by atoms with Crippen LogP contribution in [-0.4, -0.2) is 29.7 Å². The first-order chi connectivity index (χ1) is 7.61. The van der Waals surface area contributed by atoms with Crippen molar-refractivity contribution in [3.63, 3.8) is 0 Å². The summed E-state index contributed by atoms with van der Waals surface area (Å²) in [6.07, 6.45) is -19.1. The van der Waals surface area contributed by atoms with Gasteiger partial charge in [-0.2, -0.15) is 22.6 Å². The number of hydrogen-bond donors (Lipinski definition) is 0. The standard InChI is InChI=1S/C4F9NO4/c5-1(6,7)2(8,14(15)16)17-4(12,13)18-3(9,10)11. The Morgan fingerprint density at radius 2 is 1.22 bits per heavy atom. The van der Waals surface area contributed by atoms with Gasteiger partial charge in [0, 0.05) is 0 Å². The molecule has 0 N–H and O–H groups in total. The molecule has 0 bridgehead atoms. The highest BCUT2D eigenvalue weighted by atomic mass is 19.4. The van der Waals surface area contributed by atoms with Crippen LogP contribution >= 0.6 is 0 Å². The largest absolute Gasteiger partial charge is 0.581 e. The van der Waals surface area contributed by atoms with Gasteiger partial charge in [0.1, 0.15) is 4.92 Å². The second-order valence-electron chi connectivity index (χ2n) is 2.43. The number of nitrogens with zero attached hydrogens (tertiary/aromatic N) is 1. The predicted octanol–water partition coefficient (Wildman–Crippen LogP) is 2.55. The van der Waals surface area contributed by atoms with Crippen molar-refractivity contribution in [2.75, 3.05) is 0 Å². The molecule has 0 amide bonds. The minimum atomic E-state index is -6.66. The first kappa shape index (κ1) is 16.7. The lowest BCUT2D eigenvalue weighted by molar-refractivity contribution is -0.741. The van der Waals surface area contributed by atoms with E-state index in [4.69, 9.17) is 0 Å². The van der Waals surface area contributed by atoms with E-state index in [9.17, 15) is 49.6 Å². The molecule has 0 rings (SSSR count). The predicted molar refractivity (Wildman–Crippen MR) is 30.1 cm³/mol. The van der Waals surface area contributed by atoms with Crippen LogP contribution in [0.2, 0.25) is 0 Å². The van der Waals surface area contributed by atoms with Gasteiger partial charge in [0.15, 0.2) is 0 Å². The van der Waals surface area contributed by atoms with Gasteiger partial charge < -0.3 is 0 Å². The average molecular weight is 297 g/mol. The zero-order valence-electron chi connectivity index (χ0n) is 7.48. The lowest BCUT2D eigenvalue weighted by Gasteiger charge is -2.23. The molecule has 0 saturated heterocycles. The highest BCUT2D eigenvalue weighted by Crippen LogP contribution is 2.41. The molecule has 0 aromatic heterocycles. The van der Waals surface area contributed by atoms with Crippen molar-refractivity contribution in [3.05, 3.63) is 10.1 Å². The smallest absolute Gasteiger partial charge is 0.259 e. The van der Waals surface area contributed by atoms with Crippen LogP contribution < -0.4 is 0 Å². The fourth-order valence-electron chi connectivity index (χ4n) is 0.512. The fourth-order valence-corrected chi connectivity index (χ4v) is 0.512. The van der Waals surface area contributed by atoms with E-state index >= 15 is 0 Å². The minimum Gasteiger partial charge on any atom is -0.259 e. The molecular formula is C4F9NO4. The first-order valence-electron chi connectivity index (χ1n) is 3.36. The maximum absolute atomic E-state index is 12.5. The Hall–Kier alpha value is -1.31. The molecule has 0 spiro atoms. The molecule has 18 heavy (non-hydrogen) atoms. The Balaban J connectivity index is 5.19. The molecule has 0 saturated carbocycles. The fraction of sp³-hybridized carbons (Fsp3) is 1.00. The van der Waals surface area contributed by atoms with E-state index in [2.05, 4.69) is 0 Å². The topological polar surface area (TPSA) is 61.6 Å². The number of rotatable bonds is 4. The Labute approximate surface area is 90.2 Å². The maximum atomic E-state index is 12.5. The Kier molecular flexibility index (Phi) is 4.09. The monoisotopic (exact) mass is 297 g/mol. The summed E-state index contributed by atoms with van der Waals surface area (Å²) in [5, 5.41) is 9.63. The van der Waals surface area contributed by atoms with Crippen LogP contribution in [0.25, 0.3) is 0 Å². The van der Waals surface area contributed by atoms with Crippen molar-refractivity contribution >= 4 is 0 Å². The summed E-state index contributed by atoms with van der Waals surface area (Å²) in [7, 11) is 0. The average Bonchev–Trinajstić information content (AvgIpc) is 1.94. The molecule has 0 aliphatic heterocycles. The second-order valence-corrected chi connectivity index (χ2v) is 2.43. The highest BCUT2D eigenvalue weighted by Gasteiger charge is 2.75. The third-order valence-electron chi connectivity index (χ3n) is 1.07. The van der Waals surface area contributed by atoms with Crippen LogP contribution in [0.4, 0.5) is 39.5 Å². The van der Waals surface area contributed by atoms with Gasteiger partial charge in [-0.05, 0) is 0 Å². The minimum absolute atomic E-state index is 1.67. The molecule has 0 radical (unpaired) electrons. The van der Waals surface area contributed by atoms with E-state index < -0.39 is 29.7 Å². The number of ether oxygens (including phenoxy) is 2. The van der Waals surface area contributed by atoms with E-state index in [1.807, 2.05) is 4.74 Å². The van der Waals surface area contributed by atoms with Crippen molar-refractivity contribution in [2.45, 2.75) is 24.8 Å². The lowest BCUT2D eigenvalue weighted by Crippen LogP contribution is -2.55. The Morgan fingerprint density at radius 3 is 1.44 bits per heavy atom. The van der Waals surface area contributed by atoms with Crippen LogP contribution in [0, 0.1) is 10.1 Å². The number of halogens is 9. The molecular weight excluding hydrogens is 297 g/mol. The first-order valence-corrected chi connectivity index (χ1v) is 3.36. The summed E-state index contributed by atoms with van der Waals surface area (Å²) in [6, 6.07) is 0. The van der Waals surface area contributed by atoms with Crippen molar-refractivity contribution in [1.29, 1.82) is 0 Å². The van der Waals surface area contributed by atoms with E-state index in [-0.39, 0.29) is 0 Å². The van der Waals surface area contributed by atoms with Gasteiger partial charge in [0.2, 0.25) is 0 Å². The van der Waals surface area contributed by atoms with Crippen molar-refractivity contribution in [3.8, 4) is 0 Å². The Bertz CT molecular complexity index is 324. The molecule has 108 valence electrons. The molecule has 0 aliphatic rings. The molecule has 0 aliphatic carbocycles. The van der Waals surface area contributed by atoms with Crippen LogP contribution in [0.1, 0.15) is 0 Å². The van der Waals surface area contributed by atoms with E-state index in [1.54, 1.807) is 4.74 Å². The quantitative estimate of drug-likeness (QED) is 0.263. The summed E-state index contributed by atoms with van der Waals surface area (Å²) in [6.45, 7) is 0. The van der Waals surface area contributed by atoms with Crippen molar-refractivity contribution < 1.29 is 53.9 Å². The highest BCUT2D eigenvalue weighted by molar-refractivity contribution is 4.66. The lowest BCUT2D eigenvalue weighted by atomic mass is 10.5. The van der Waals surface area contributed by atoms with Crippen molar-refractivity contribution in [1.82, 2.24) is 0 Å². The van der Waals surface area contributed by atoms with Crippen LogP contribution in [0.15, 0.2) is 0 Å². The zero-order chi connectivity index (χ0) is 15.0. The van der Waals surface area contributed by atoms with E-state index in [0.29, 0.717) is 0 Å². The van der Waals surface area contributed by atoms with E-state index in [0.717, 1.165) is 0 Å². The van der Waals surface area contributed by atoms with Gasteiger partial charge in [0.25, 0.3) is 0 Å². The SMILES string of the molecule is O=[N+]([O-])C(F)(OC(F)(F)OC(F)(F)F)C(F)(F)F. The van der Waals surface area contributed by atoms with Gasteiger partial charge >= 0.3 is 24.8 Å². The van der Waals surface area contributed by atoms with Crippen LogP contribution in [0.3, 0.4) is 0 Å². The molecule has 0 fully saturated rings. The van der Waals surface area contributed by atoms with Gasteiger partial charge in [-0.25, -0.2) is 0 Å². The maximum Gasteiger partial charge on any atom is 0.581 e. The molecule has 1 atom stereocenters. The third kappa shape index (κ3) is 4.17. The molecule has 5 nitrogen and oxygen atoms in total. The number of hydrogen-bond acceptors (Lipinski definition) is 4. The summed E-state index contributed by atoms with van der Waals surface area (Å²) in [4.78, 5) is 6.60. The summed E-state index contributed by atoms with van der Waals surface area (Å²) in [5.41, 5.74) is 0. The second kappa shape index (κ2) is 4.42. The number of nitro groups is 1. The molecule has 14 heteroatoms. The van der Waals surface area contributed by atoms with E-state index in [1.165, 1.54) is 0 Å². The summed E-state index contributed by atoms with van der Waals surface area (Å²) < 4.78 is 109. The van der Waals surface area contributed by atoms with Crippen LogP contribution in [0.5, 0.6) is 0 Å². The molecule has 0 heterocycles. The summed E-state index contributed by atoms with van der Waals surface area (Å²) in [5.74, 6) is -6.26. The van der Waals surface area contributed by atoms with Crippen molar-refractivity contribution in [2.24, 2.45) is 0 Å². The molecule has 1 unspecified atom stereocenters. The third-order valence-corrected chi connectivity index (χ3v) is 1.07. The van der Waals surface area contributed by atoms with Gasteiger partial charge in [-0.3, -0.25) is 10.1 Å².